The molecule has 1 atom stereocenters. The summed E-state index contributed by atoms with van der Waals surface area (Å²) in [5.41, 5.74) is -3.54. The van der Waals surface area contributed by atoms with Gasteiger partial charge in [-0.2, -0.15) is 27.8 Å². The van der Waals surface area contributed by atoms with E-state index < -0.39 is 61.8 Å². The summed E-state index contributed by atoms with van der Waals surface area (Å²) in [5.74, 6) is -3.13. The van der Waals surface area contributed by atoms with Gasteiger partial charge in [-0.25, -0.2) is 8.99 Å². The van der Waals surface area contributed by atoms with Gasteiger partial charge in [-0.15, -0.1) is 10.2 Å². The Kier molecular flexibility index (Phi) is 6.83. The summed E-state index contributed by atoms with van der Waals surface area (Å²) in [5, 5.41) is 18.4. The lowest BCUT2D eigenvalue weighted by Gasteiger charge is -2.35. The van der Waals surface area contributed by atoms with Crippen LogP contribution in [0.25, 0.3) is 0 Å². The summed E-state index contributed by atoms with van der Waals surface area (Å²) in [6.07, 6.45) is -2.09. The Labute approximate surface area is 214 Å². The molecule has 1 aliphatic rings. The third-order valence-electron chi connectivity index (χ3n) is 6.18. The number of carbonyl (C=O) groups is 1. The first-order valence-electron chi connectivity index (χ1n) is 11.1. The molecule has 198 valence electrons. The smallest absolute Gasteiger partial charge is 0.418 e. The van der Waals surface area contributed by atoms with Gasteiger partial charge >= 0.3 is 6.18 Å². The highest BCUT2D eigenvalue weighted by molar-refractivity contribution is 7.91. The summed E-state index contributed by atoms with van der Waals surface area (Å²) < 4.78 is 80.5. The van der Waals surface area contributed by atoms with Gasteiger partial charge < -0.3 is 10.1 Å². The lowest BCUT2D eigenvalue weighted by Crippen LogP contribution is -2.33. The van der Waals surface area contributed by atoms with Crippen molar-refractivity contribution in [1.29, 1.82) is 10.0 Å². The summed E-state index contributed by atoms with van der Waals surface area (Å²) >= 11 is 0. The van der Waals surface area contributed by atoms with Gasteiger partial charge in [0, 0.05) is 28.5 Å². The van der Waals surface area contributed by atoms with Gasteiger partial charge in [-0.3, -0.25) is 4.79 Å². The Balaban J connectivity index is 1.73. The fourth-order valence-corrected chi connectivity index (χ4v) is 4.71. The highest BCUT2D eigenvalue weighted by Crippen LogP contribution is 2.44. The second-order valence-electron chi connectivity index (χ2n) is 8.81. The van der Waals surface area contributed by atoms with Crippen LogP contribution < -0.4 is 10.1 Å². The highest BCUT2D eigenvalue weighted by atomic mass is 32.2. The molecule has 14 heteroatoms. The number of carbonyl (C=O) groups excluding carboxylic acids is 1. The standard InChI is InChI=1S/C24H20F4N6O3S/c1-13-18(21(35)31-14-5-3-6-15(11-14)38(2,30)36)22(34-33-19(13)24(26,27)28)37-17-8-7-16(20(25)32-17)23(12-29)9-4-10-23/h3,5-8,11,30H,4,9-10H2,1-2H3,(H,31,35). The van der Waals surface area contributed by atoms with Crippen LogP contribution in [0, 0.1) is 29.0 Å². The number of amides is 1. The Morgan fingerprint density at radius 3 is 2.50 bits per heavy atom. The second kappa shape index (κ2) is 9.64. The van der Waals surface area contributed by atoms with E-state index in [1.54, 1.807) is 0 Å². The monoisotopic (exact) mass is 548 g/mol. The molecule has 0 radical (unpaired) electrons. The van der Waals surface area contributed by atoms with Crippen molar-refractivity contribution in [3.05, 3.63) is 64.7 Å². The zero-order valence-corrected chi connectivity index (χ0v) is 20.8. The number of anilines is 1. The summed E-state index contributed by atoms with van der Waals surface area (Å²) in [6, 6.07) is 10.1. The maximum atomic E-state index is 14.8. The third kappa shape index (κ3) is 5.14. The molecule has 38 heavy (non-hydrogen) atoms. The Morgan fingerprint density at radius 2 is 1.95 bits per heavy atom. The zero-order valence-electron chi connectivity index (χ0n) is 20.0. The van der Waals surface area contributed by atoms with E-state index in [4.69, 9.17) is 9.52 Å². The molecule has 1 aromatic carbocycles. The number of ether oxygens (including phenoxy) is 1. The van der Waals surface area contributed by atoms with Gasteiger partial charge in [-0.1, -0.05) is 6.07 Å². The molecule has 2 heterocycles. The summed E-state index contributed by atoms with van der Waals surface area (Å²) in [4.78, 5) is 16.9. The van der Waals surface area contributed by atoms with Gasteiger partial charge in [0.05, 0.1) is 21.2 Å². The Bertz CT molecular complexity index is 1580. The number of nitrogens with one attached hydrogen (secondary N) is 2. The number of hydrogen-bond acceptors (Lipinski definition) is 8. The molecule has 9 nitrogen and oxygen atoms in total. The van der Waals surface area contributed by atoms with Crippen LogP contribution in [-0.2, 0) is 21.3 Å². The van der Waals surface area contributed by atoms with E-state index in [9.17, 15) is 31.8 Å². The molecular formula is C24H20F4N6O3S. The number of hydrogen-bond donors (Lipinski definition) is 2. The number of halogens is 4. The van der Waals surface area contributed by atoms with Gasteiger partial charge in [0.25, 0.3) is 11.8 Å². The molecule has 1 aliphatic carbocycles. The predicted octanol–water partition coefficient (Wildman–Crippen LogP) is 5.36. The van der Waals surface area contributed by atoms with Crippen LogP contribution in [0.3, 0.4) is 0 Å². The van der Waals surface area contributed by atoms with Crippen molar-refractivity contribution in [2.75, 3.05) is 11.6 Å². The van der Waals surface area contributed by atoms with Crippen LogP contribution in [0.5, 0.6) is 11.8 Å². The number of rotatable bonds is 6. The van der Waals surface area contributed by atoms with Crippen LogP contribution in [0.2, 0.25) is 0 Å². The predicted molar refractivity (Wildman–Crippen MR) is 127 cm³/mol. The molecule has 3 aromatic rings. The number of pyridine rings is 1. The van der Waals surface area contributed by atoms with Crippen molar-refractivity contribution in [2.45, 2.75) is 42.7 Å². The molecule has 1 unspecified atom stereocenters. The molecule has 0 spiro atoms. The van der Waals surface area contributed by atoms with E-state index in [-0.39, 0.29) is 16.1 Å². The normalized spacial score (nSPS) is 16.0. The number of benzene rings is 1. The molecule has 1 fully saturated rings. The Morgan fingerprint density at radius 1 is 1.24 bits per heavy atom. The third-order valence-corrected chi connectivity index (χ3v) is 7.34. The maximum absolute atomic E-state index is 14.8. The minimum Gasteiger partial charge on any atom is -0.418 e. The second-order valence-corrected chi connectivity index (χ2v) is 11.0. The van der Waals surface area contributed by atoms with E-state index in [1.165, 1.54) is 42.7 Å². The van der Waals surface area contributed by atoms with Crippen LogP contribution >= 0.6 is 0 Å². The minimum atomic E-state index is -4.94. The molecular weight excluding hydrogens is 528 g/mol. The van der Waals surface area contributed by atoms with Crippen molar-refractivity contribution in [3.8, 4) is 17.8 Å². The van der Waals surface area contributed by atoms with Crippen LogP contribution in [0.1, 0.15) is 46.4 Å². The van der Waals surface area contributed by atoms with E-state index in [0.717, 1.165) is 13.3 Å². The van der Waals surface area contributed by atoms with Crippen molar-refractivity contribution < 1.29 is 31.3 Å². The van der Waals surface area contributed by atoms with Crippen LogP contribution in [-0.4, -0.2) is 31.6 Å². The van der Waals surface area contributed by atoms with E-state index in [2.05, 4.69) is 26.6 Å². The van der Waals surface area contributed by atoms with Crippen molar-refractivity contribution in [1.82, 2.24) is 15.2 Å². The SMILES string of the molecule is Cc1c(C(F)(F)F)nnc(Oc2ccc(C3(C#N)CCC3)c(F)n2)c1C(=O)Nc1cccc(S(C)(=N)=O)c1. The molecule has 0 bridgehead atoms. The molecule has 0 saturated heterocycles. The molecule has 2 aromatic heterocycles. The lowest BCUT2D eigenvalue weighted by molar-refractivity contribution is -0.142. The minimum absolute atomic E-state index is 0.0564. The molecule has 1 amide bonds. The number of nitriles is 1. The van der Waals surface area contributed by atoms with E-state index >= 15 is 0 Å². The van der Waals surface area contributed by atoms with Gasteiger partial charge in [0.2, 0.25) is 11.8 Å². The largest absolute Gasteiger partial charge is 0.435 e. The van der Waals surface area contributed by atoms with E-state index in [1.807, 2.05) is 0 Å². The lowest BCUT2D eigenvalue weighted by atomic mass is 9.66. The average Bonchev–Trinajstić information content (AvgIpc) is 2.79. The molecule has 4 rings (SSSR count). The number of nitrogens with zero attached hydrogens (tertiary/aromatic N) is 4. The molecule has 2 N–H and O–H groups in total. The highest BCUT2D eigenvalue weighted by Gasteiger charge is 2.42. The topological polar surface area (TPSA) is 142 Å². The van der Waals surface area contributed by atoms with Crippen molar-refractivity contribution in [3.63, 3.8) is 0 Å². The van der Waals surface area contributed by atoms with Crippen molar-refractivity contribution in [2.24, 2.45) is 0 Å². The zero-order chi connectivity index (χ0) is 27.9. The average molecular weight is 549 g/mol. The number of aromatic nitrogens is 3. The first-order chi connectivity index (χ1) is 17.7. The Hall–Kier alpha value is -4.12. The van der Waals surface area contributed by atoms with Gasteiger partial charge in [-0.05, 0) is 56.0 Å². The van der Waals surface area contributed by atoms with Gasteiger partial charge in [0.1, 0.15) is 5.56 Å². The fraction of sp³-hybridized carbons (Fsp3) is 0.292. The quantitative estimate of drug-likeness (QED) is 0.312. The summed E-state index contributed by atoms with van der Waals surface area (Å²) in [6.45, 7) is 1.00. The number of alkyl halides is 3. The molecule has 0 aliphatic heterocycles. The van der Waals surface area contributed by atoms with Crippen LogP contribution in [0.4, 0.5) is 23.2 Å². The first kappa shape index (κ1) is 26.9. The first-order valence-corrected chi connectivity index (χ1v) is 13.1. The van der Waals surface area contributed by atoms with Gasteiger partial charge in [0.15, 0.2) is 5.69 Å². The molecule has 1 saturated carbocycles. The van der Waals surface area contributed by atoms with Crippen molar-refractivity contribution >= 4 is 21.3 Å². The fourth-order valence-electron chi connectivity index (χ4n) is 4.02. The maximum Gasteiger partial charge on any atom is 0.435 e. The summed E-state index contributed by atoms with van der Waals surface area (Å²) in [7, 11) is -3.14. The van der Waals surface area contributed by atoms with E-state index in [0.29, 0.717) is 12.8 Å². The van der Waals surface area contributed by atoms with Crippen LogP contribution in [0.15, 0.2) is 41.3 Å².